The second-order valence-corrected chi connectivity index (χ2v) is 7.45. The van der Waals surface area contributed by atoms with E-state index in [-0.39, 0.29) is 11.5 Å². The van der Waals surface area contributed by atoms with Crippen molar-refractivity contribution in [2.75, 3.05) is 6.54 Å². The first kappa shape index (κ1) is 19.2. The highest BCUT2D eigenvalue weighted by Crippen LogP contribution is 2.26. The number of carbonyl (C=O) groups excluding carboxylic acids is 1. The highest BCUT2D eigenvalue weighted by molar-refractivity contribution is 5.99. The summed E-state index contributed by atoms with van der Waals surface area (Å²) in [4.78, 5) is 24.3. The van der Waals surface area contributed by atoms with Gasteiger partial charge >= 0.3 is 5.97 Å². The van der Waals surface area contributed by atoms with Crippen LogP contribution in [0, 0.1) is 12.8 Å². The lowest BCUT2D eigenvalue weighted by molar-refractivity contribution is 0.0697. The van der Waals surface area contributed by atoms with Gasteiger partial charge in [-0.15, -0.1) is 0 Å². The molecule has 142 valence electrons. The average molecular weight is 365 g/mol. The van der Waals surface area contributed by atoms with E-state index in [1.165, 1.54) is 38.5 Å². The third kappa shape index (κ3) is 4.76. The summed E-state index contributed by atoms with van der Waals surface area (Å²) in [5.74, 6) is -0.482. The zero-order valence-electron chi connectivity index (χ0n) is 15.8. The number of hydrogen-bond acceptors (Lipinski definition) is 2. The van der Waals surface area contributed by atoms with Gasteiger partial charge in [0, 0.05) is 12.1 Å². The predicted octanol–water partition coefficient (Wildman–Crippen LogP) is 5.06. The zero-order valence-corrected chi connectivity index (χ0v) is 15.8. The summed E-state index contributed by atoms with van der Waals surface area (Å²) in [5, 5.41) is 12.5. The Morgan fingerprint density at radius 2 is 1.70 bits per heavy atom. The highest BCUT2D eigenvalue weighted by atomic mass is 16.4. The molecule has 2 aromatic rings. The molecule has 0 bridgehead atoms. The minimum Gasteiger partial charge on any atom is -0.478 e. The van der Waals surface area contributed by atoms with E-state index in [1.807, 2.05) is 25.1 Å². The van der Waals surface area contributed by atoms with Crippen molar-refractivity contribution in [2.45, 2.75) is 45.4 Å². The van der Waals surface area contributed by atoms with Gasteiger partial charge in [0.15, 0.2) is 0 Å². The number of benzene rings is 2. The average Bonchev–Trinajstić information content (AvgIpc) is 2.95. The molecule has 2 aromatic carbocycles. The van der Waals surface area contributed by atoms with Gasteiger partial charge in [-0.1, -0.05) is 56.0 Å². The van der Waals surface area contributed by atoms with Crippen LogP contribution in [-0.4, -0.2) is 23.5 Å². The first-order valence-corrected chi connectivity index (χ1v) is 9.78. The molecular formula is C23H27NO3. The van der Waals surface area contributed by atoms with Crippen LogP contribution in [-0.2, 0) is 0 Å². The molecule has 1 aliphatic carbocycles. The number of carbonyl (C=O) groups is 2. The standard InChI is InChI=1S/C23H27NO3/c1-16-12-13-18(19-10-6-7-11-20(19)23(26)27)14-21(16)22(25)24-15-17-8-4-2-3-5-9-17/h6-7,10-14,17H,2-5,8-9,15H2,1H3,(H,24,25)(H,26,27). The van der Waals surface area contributed by atoms with Gasteiger partial charge in [0.1, 0.15) is 0 Å². The summed E-state index contributed by atoms with van der Waals surface area (Å²) >= 11 is 0. The lowest BCUT2D eigenvalue weighted by Gasteiger charge is -2.16. The molecule has 1 fully saturated rings. The van der Waals surface area contributed by atoms with Crippen LogP contribution in [0.2, 0.25) is 0 Å². The number of hydrogen-bond donors (Lipinski definition) is 2. The van der Waals surface area contributed by atoms with E-state index in [9.17, 15) is 14.7 Å². The zero-order chi connectivity index (χ0) is 19.2. The summed E-state index contributed by atoms with van der Waals surface area (Å²) in [6.07, 6.45) is 7.47. The molecule has 0 heterocycles. The van der Waals surface area contributed by atoms with Gasteiger partial charge in [-0.05, 0) is 54.5 Å². The Hall–Kier alpha value is -2.62. The number of carboxylic acids is 1. The Labute approximate surface area is 160 Å². The minimum atomic E-state index is -0.967. The van der Waals surface area contributed by atoms with E-state index in [1.54, 1.807) is 24.3 Å². The largest absolute Gasteiger partial charge is 0.478 e. The minimum absolute atomic E-state index is 0.0774. The molecule has 27 heavy (non-hydrogen) atoms. The molecule has 0 aromatic heterocycles. The van der Waals surface area contributed by atoms with Gasteiger partial charge in [-0.2, -0.15) is 0 Å². The van der Waals surface area contributed by atoms with E-state index in [0.717, 1.165) is 11.1 Å². The predicted molar refractivity (Wildman–Crippen MR) is 107 cm³/mol. The van der Waals surface area contributed by atoms with Crippen LogP contribution in [0.5, 0.6) is 0 Å². The molecule has 0 unspecified atom stereocenters. The van der Waals surface area contributed by atoms with Crippen molar-refractivity contribution in [2.24, 2.45) is 5.92 Å². The summed E-state index contributed by atoms with van der Waals surface area (Å²) < 4.78 is 0. The summed E-state index contributed by atoms with van der Waals surface area (Å²) in [6, 6.07) is 12.5. The van der Waals surface area contributed by atoms with Gasteiger partial charge in [-0.25, -0.2) is 4.79 Å². The Balaban J connectivity index is 1.79. The first-order chi connectivity index (χ1) is 13.1. The number of rotatable bonds is 5. The van der Waals surface area contributed by atoms with Crippen LogP contribution >= 0.6 is 0 Å². The Morgan fingerprint density at radius 1 is 1.00 bits per heavy atom. The van der Waals surface area contributed by atoms with Crippen molar-refractivity contribution in [3.05, 3.63) is 59.2 Å². The van der Waals surface area contributed by atoms with E-state index in [0.29, 0.717) is 23.6 Å². The number of amides is 1. The molecule has 4 nitrogen and oxygen atoms in total. The third-order valence-corrected chi connectivity index (χ3v) is 5.48. The third-order valence-electron chi connectivity index (χ3n) is 5.48. The van der Waals surface area contributed by atoms with Crippen LogP contribution in [0.15, 0.2) is 42.5 Å². The van der Waals surface area contributed by atoms with Crippen LogP contribution in [0.3, 0.4) is 0 Å². The fourth-order valence-electron chi connectivity index (χ4n) is 3.86. The lowest BCUT2D eigenvalue weighted by atomic mass is 9.95. The maximum Gasteiger partial charge on any atom is 0.336 e. The van der Waals surface area contributed by atoms with Gasteiger partial charge in [0.25, 0.3) is 5.91 Å². The number of carboxylic acid groups (broad SMARTS) is 1. The van der Waals surface area contributed by atoms with Crippen molar-refractivity contribution in [3.8, 4) is 11.1 Å². The van der Waals surface area contributed by atoms with Gasteiger partial charge in [-0.3, -0.25) is 4.79 Å². The molecular weight excluding hydrogens is 338 g/mol. The van der Waals surface area contributed by atoms with Crippen molar-refractivity contribution in [3.63, 3.8) is 0 Å². The van der Waals surface area contributed by atoms with Crippen LogP contribution in [0.25, 0.3) is 11.1 Å². The molecule has 1 saturated carbocycles. The van der Waals surface area contributed by atoms with Gasteiger partial charge in [0.05, 0.1) is 5.56 Å². The van der Waals surface area contributed by atoms with E-state index in [2.05, 4.69) is 5.32 Å². The highest BCUT2D eigenvalue weighted by Gasteiger charge is 2.17. The van der Waals surface area contributed by atoms with Crippen molar-refractivity contribution < 1.29 is 14.7 Å². The fraction of sp³-hybridized carbons (Fsp3) is 0.391. The Kier molecular flexibility index (Phi) is 6.28. The van der Waals surface area contributed by atoms with E-state index >= 15 is 0 Å². The summed E-state index contributed by atoms with van der Waals surface area (Å²) in [6.45, 7) is 2.63. The van der Waals surface area contributed by atoms with Gasteiger partial charge < -0.3 is 10.4 Å². The topological polar surface area (TPSA) is 66.4 Å². The normalized spacial score (nSPS) is 15.1. The van der Waals surface area contributed by atoms with E-state index < -0.39 is 5.97 Å². The molecule has 0 aliphatic heterocycles. The fourth-order valence-corrected chi connectivity index (χ4v) is 3.86. The molecule has 3 rings (SSSR count). The lowest BCUT2D eigenvalue weighted by Crippen LogP contribution is -2.29. The SMILES string of the molecule is Cc1ccc(-c2ccccc2C(=O)O)cc1C(=O)NCC1CCCCCC1. The second kappa shape index (κ2) is 8.85. The summed E-state index contributed by atoms with van der Waals surface area (Å²) in [5.41, 5.74) is 3.12. The molecule has 0 atom stereocenters. The smallest absolute Gasteiger partial charge is 0.336 e. The molecule has 2 N–H and O–H groups in total. The Bertz CT molecular complexity index is 820. The molecule has 4 heteroatoms. The number of aromatic carboxylic acids is 1. The van der Waals surface area contributed by atoms with Crippen LogP contribution in [0.4, 0.5) is 0 Å². The van der Waals surface area contributed by atoms with Crippen molar-refractivity contribution in [1.29, 1.82) is 0 Å². The number of nitrogens with one attached hydrogen (secondary N) is 1. The molecule has 1 aliphatic rings. The van der Waals surface area contributed by atoms with E-state index in [4.69, 9.17) is 0 Å². The second-order valence-electron chi connectivity index (χ2n) is 7.45. The molecule has 1 amide bonds. The van der Waals surface area contributed by atoms with Crippen LogP contribution in [0.1, 0.15) is 64.8 Å². The maximum atomic E-state index is 12.8. The van der Waals surface area contributed by atoms with Crippen LogP contribution < -0.4 is 5.32 Å². The molecule has 0 spiro atoms. The number of aryl methyl sites for hydroxylation is 1. The maximum absolute atomic E-state index is 12.8. The first-order valence-electron chi connectivity index (χ1n) is 9.78. The molecule has 0 radical (unpaired) electrons. The quantitative estimate of drug-likeness (QED) is 0.728. The Morgan fingerprint density at radius 3 is 2.41 bits per heavy atom. The monoisotopic (exact) mass is 365 g/mol. The van der Waals surface area contributed by atoms with Gasteiger partial charge in [0.2, 0.25) is 0 Å². The summed E-state index contributed by atoms with van der Waals surface area (Å²) in [7, 11) is 0. The van der Waals surface area contributed by atoms with Crippen molar-refractivity contribution >= 4 is 11.9 Å². The van der Waals surface area contributed by atoms with Crippen molar-refractivity contribution in [1.82, 2.24) is 5.32 Å². The molecule has 0 saturated heterocycles.